The Labute approximate surface area is 111 Å². The topological polar surface area (TPSA) is 0 Å². The highest BCUT2D eigenvalue weighted by molar-refractivity contribution is 6.68. The van der Waals surface area contributed by atoms with E-state index in [2.05, 4.69) is 71.4 Å². The third-order valence-electron chi connectivity index (χ3n) is 3.41. The molecule has 2 aromatic carbocycles. The van der Waals surface area contributed by atoms with Crippen LogP contribution in [-0.2, 0) is 6.42 Å². The summed E-state index contributed by atoms with van der Waals surface area (Å²) in [6.45, 7) is 8.73. The average molecular weight is 235 g/mol. The van der Waals surface area contributed by atoms with Crippen LogP contribution >= 0.6 is 0 Å². The van der Waals surface area contributed by atoms with E-state index < -0.39 is 0 Å². The zero-order chi connectivity index (χ0) is 13.1. The summed E-state index contributed by atoms with van der Waals surface area (Å²) >= 11 is 0. The SMILES string of the molecule is CCc1cccc([B]c2c(C)cc(C)cc2C)c1. The van der Waals surface area contributed by atoms with Crippen LogP contribution in [0.4, 0.5) is 0 Å². The molecule has 1 heteroatoms. The van der Waals surface area contributed by atoms with Crippen LogP contribution in [0.15, 0.2) is 36.4 Å². The van der Waals surface area contributed by atoms with Crippen molar-refractivity contribution in [3.63, 3.8) is 0 Å². The van der Waals surface area contributed by atoms with Crippen LogP contribution in [-0.4, -0.2) is 7.28 Å². The maximum absolute atomic E-state index is 2.29. The maximum Gasteiger partial charge on any atom is 0.192 e. The standard InChI is InChI=1S/C17H20B/c1-5-15-7-6-8-16(11-15)18-17-13(3)9-12(2)10-14(17)4/h6-11H,5H2,1-4H3. The Morgan fingerprint density at radius 3 is 2.22 bits per heavy atom. The fourth-order valence-corrected chi connectivity index (χ4v) is 2.49. The minimum absolute atomic E-state index is 1.09. The number of hydrogen-bond acceptors (Lipinski definition) is 0. The number of benzene rings is 2. The molecule has 0 aliphatic carbocycles. The molecule has 0 fully saturated rings. The molecular formula is C17H20B. The van der Waals surface area contributed by atoms with Gasteiger partial charge in [-0.05, 0) is 32.8 Å². The van der Waals surface area contributed by atoms with E-state index >= 15 is 0 Å². The lowest BCUT2D eigenvalue weighted by Crippen LogP contribution is -2.31. The lowest BCUT2D eigenvalue weighted by Gasteiger charge is -2.11. The summed E-state index contributed by atoms with van der Waals surface area (Å²) in [6.07, 6.45) is 1.09. The first-order valence-electron chi connectivity index (χ1n) is 6.61. The summed E-state index contributed by atoms with van der Waals surface area (Å²) in [5, 5.41) is 0. The fourth-order valence-electron chi connectivity index (χ4n) is 2.49. The van der Waals surface area contributed by atoms with Gasteiger partial charge in [-0.2, -0.15) is 0 Å². The van der Waals surface area contributed by atoms with Crippen LogP contribution in [0.5, 0.6) is 0 Å². The van der Waals surface area contributed by atoms with Gasteiger partial charge in [0.25, 0.3) is 0 Å². The van der Waals surface area contributed by atoms with Crippen molar-refractivity contribution in [2.75, 3.05) is 0 Å². The summed E-state index contributed by atoms with van der Waals surface area (Å²) in [4.78, 5) is 0. The second-order valence-corrected chi connectivity index (χ2v) is 5.06. The highest BCUT2D eigenvalue weighted by atomic mass is 14.0. The molecule has 0 atom stereocenters. The van der Waals surface area contributed by atoms with E-state index in [9.17, 15) is 0 Å². The zero-order valence-corrected chi connectivity index (χ0v) is 11.7. The van der Waals surface area contributed by atoms with E-state index in [1.165, 1.54) is 33.2 Å². The van der Waals surface area contributed by atoms with Crippen LogP contribution in [0, 0.1) is 20.8 Å². The van der Waals surface area contributed by atoms with Gasteiger partial charge in [0.15, 0.2) is 7.28 Å². The molecule has 0 N–H and O–H groups in total. The van der Waals surface area contributed by atoms with Crippen molar-refractivity contribution < 1.29 is 0 Å². The minimum atomic E-state index is 1.09. The van der Waals surface area contributed by atoms with Gasteiger partial charge < -0.3 is 0 Å². The van der Waals surface area contributed by atoms with Gasteiger partial charge in [-0.25, -0.2) is 0 Å². The van der Waals surface area contributed by atoms with Crippen molar-refractivity contribution in [3.8, 4) is 0 Å². The Balaban J connectivity index is 2.33. The summed E-state index contributed by atoms with van der Waals surface area (Å²) in [5.41, 5.74) is 8.10. The molecule has 0 unspecified atom stereocenters. The van der Waals surface area contributed by atoms with Crippen LogP contribution in [0.25, 0.3) is 0 Å². The molecule has 0 spiro atoms. The van der Waals surface area contributed by atoms with Crippen LogP contribution in [0.2, 0.25) is 0 Å². The van der Waals surface area contributed by atoms with Gasteiger partial charge in [0.2, 0.25) is 0 Å². The second-order valence-electron chi connectivity index (χ2n) is 5.06. The lowest BCUT2D eigenvalue weighted by atomic mass is 9.60. The van der Waals surface area contributed by atoms with Gasteiger partial charge in [-0.1, -0.05) is 70.9 Å². The third kappa shape index (κ3) is 2.84. The largest absolute Gasteiger partial charge is 0.192 e. The second kappa shape index (κ2) is 5.43. The van der Waals surface area contributed by atoms with Gasteiger partial charge in [-0.15, -0.1) is 0 Å². The van der Waals surface area contributed by atoms with Crippen molar-refractivity contribution in [2.45, 2.75) is 34.1 Å². The Morgan fingerprint density at radius 2 is 1.61 bits per heavy atom. The Kier molecular flexibility index (Phi) is 3.91. The highest BCUT2D eigenvalue weighted by Crippen LogP contribution is 2.05. The monoisotopic (exact) mass is 235 g/mol. The first-order chi connectivity index (χ1) is 8.60. The summed E-state index contributed by atoms with van der Waals surface area (Å²) < 4.78 is 0. The normalized spacial score (nSPS) is 10.4. The predicted molar refractivity (Wildman–Crippen MR) is 81.5 cm³/mol. The first-order valence-corrected chi connectivity index (χ1v) is 6.61. The van der Waals surface area contributed by atoms with Gasteiger partial charge in [0.1, 0.15) is 0 Å². The molecule has 0 aromatic heterocycles. The Morgan fingerprint density at radius 1 is 0.944 bits per heavy atom. The van der Waals surface area contributed by atoms with E-state index in [1.54, 1.807) is 0 Å². The molecule has 0 aliphatic heterocycles. The Bertz CT molecular complexity index is 532. The van der Waals surface area contributed by atoms with Gasteiger partial charge in [-0.3, -0.25) is 0 Å². The number of rotatable bonds is 3. The molecule has 0 saturated carbocycles. The zero-order valence-electron chi connectivity index (χ0n) is 11.7. The van der Waals surface area contributed by atoms with Crippen molar-refractivity contribution in [2.24, 2.45) is 0 Å². The van der Waals surface area contributed by atoms with Crippen molar-refractivity contribution in [1.29, 1.82) is 0 Å². The number of hydrogen-bond donors (Lipinski definition) is 0. The smallest absolute Gasteiger partial charge is 0.0811 e. The van der Waals surface area contributed by atoms with E-state index in [0.29, 0.717) is 0 Å². The molecule has 0 saturated heterocycles. The molecule has 18 heavy (non-hydrogen) atoms. The Hall–Kier alpha value is -1.50. The van der Waals surface area contributed by atoms with Crippen molar-refractivity contribution >= 4 is 18.2 Å². The molecule has 2 rings (SSSR count). The van der Waals surface area contributed by atoms with E-state index in [1.807, 2.05) is 0 Å². The molecule has 0 nitrogen and oxygen atoms in total. The molecular weight excluding hydrogens is 215 g/mol. The summed E-state index contributed by atoms with van der Waals surface area (Å²) in [7, 11) is 2.29. The van der Waals surface area contributed by atoms with Crippen LogP contribution in [0.3, 0.4) is 0 Å². The minimum Gasteiger partial charge on any atom is -0.0811 e. The van der Waals surface area contributed by atoms with E-state index in [0.717, 1.165) is 6.42 Å². The molecule has 2 aromatic rings. The highest BCUT2D eigenvalue weighted by Gasteiger charge is 2.07. The van der Waals surface area contributed by atoms with Crippen LogP contribution < -0.4 is 10.9 Å². The summed E-state index contributed by atoms with van der Waals surface area (Å²) in [6, 6.07) is 13.3. The van der Waals surface area contributed by atoms with Crippen molar-refractivity contribution in [3.05, 3.63) is 58.7 Å². The molecule has 1 radical (unpaired) electrons. The predicted octanol–water partition coefficient (Wildman–Crippen LogP) is 2.83. The first kappa shape index (κ1) is 12.9. The summed E-state index contributed by atoms with van der Waals surface area (Å²) in [5.74, 6) is 0. The maximum atomic E-state index is 2.29. The van der Waals surface area contributed by atoms with Gasteiger partial charge >= 0.3 is 0 Å². The lowest BCUT2D eigenvalue weighted by molar-refractivity contribution is 1.14. The molecule has 0 aliphatic rings. The number of aryl methyl sites for hydroxylation is 4. The fraction of sp³-hybridized carbons (Fsp3) is 0.294. The molecule has 0 heterocycles. The van der Waals surface area contributed by atoms with E-state index in [4.69, 9.17) is 0 Å². The van der Waals surface area contributed by atoms with Crippen molar-refractivity contribution in [1.82, 2.24) is 0 Å². The van der Waals surface area contributed by atoms with Gasteiger partial charge in [0, 0.05) is 0 Å². The quantitative estimate of drug-likeness (QED) is 0.717. The van der Waals surface area contributed by atoms with Crippen LogP contribution in [0.1, 0.15) is 29.2 Å². The van der Waals surface area contributed by atoms with Gasteiger partial charge in [0.05, 0.1) is 0 Å². The van der Waals surface area contributed by atoms with E-state index in [-0.39, 0.29) is 0 Å². The molecule has 91 valence electrons. The molecule has 0 bridgehead atoms. The average Bonchev–Trinajstić information content (AvgIpc) is 2.34. The third-order valence-corrected chi connectivity index (χ3v) is 3.41. The molecule has 0 amide bonds.